The van der Waals surface area contributed by atoms with Gasteiger partial charge in [0.15, 0.2) is 5.82 Å². The predicted molar refractivity (Wildman–Crippen MR) is 169 cm³/mol. The van der Waals surface area contributed by atoms with Gasteiger partial charge in [-0.1, -0.05) is 91.0 Å². The van der Waals surface area contributed by atoms with Crippen LogP contribution in [0.3, 0.4) is 0 Å². The highest BCUT2D eigenvalue weighted by Gasteiger charge is 2.38. The fraction of sp³-hybridized carbons (Fsp3) is 0.121. The summed E-state index contributed by atoms with van der Waals surface area (Å²) in [5.41, 5.74) is 2.79. The molecule has 0 atom stereocenters. The molecule has 0 fully saturated rings. The molecule has 9 nitrogen and oxygen atoms in total. The zero-order chi connectivity index (χ0) is 31.2. The summed E-state index contributed by atoms with van der Waals surface area (Å²) in [6.07, 6.45) is 1.45. The Labute approximate surface area is 256 Å². The van der Waals surface area contributed by atoms with E-state index in [1.54, 1.807) is 84.9 Å². The maximum Gasteiger partial charge on any atom is 0.308 e. The molecular weight excluding hydrogens is 599 g/mol. The first kappa shape index (κ1) is 30.6. The van der Waals surface area contributed by atoms with Crippen molar-refractivity contribution in [3.8, 4) is 17.0 Å². The number of carbonyl (C=O) groups is 1. The van der Waals surface area contributed by atoms with Crippen molar-refractivity contribution in [2.24, 2.45) is 0 Å². The minimum Gasteiger partial charge on any atom is -0.427 e. The SMILES string of the molecule is CC(=O)Oc1ccc(-c2cnc(N(S(=O)(=O)Cc3ccccc3)S(=O)(=O)Cc3ccccc3)c(Cc3ccccc3)n2)cc1. The van der Waals surface area contributed by atoms with Gasteiger partial charge < -0.3 is 4.74 Å². The van der Waals surface area contributed by atoms with Crippen LogP contribution in [-0.2, 0) is 42.8 Å². The average molecular weight is 628 g/mol. The smallest absolute Gasteiger partial charge is 0.308 e. The van der Waals surface area contributed by atoms with E-state index in [0.29, 0.717) is 31.8 Å². The molecule has 0 N–H and O–H groups in total. The first-order valence-corrected chi connectivity index (χ1v) is 16.8. The van der Waals surface area contributed by atoms with Crippen LogP contribution in [0.5, 0.6) is 5.75 Å². The molecule has 0 unspecified atom stereocenters. The van der Waals surface area contributed by atoms with Gasteiger partial charge in [-0.3, -0.25) is 4.79 Å². The van der Waals surface area contributed by atoms with Crippen molar-refractivity contribution < 1.29 is 26.4 Å². The molecular formula is C33H29N3O6S2. The van der Waals surface area contributed by atoms with E-state index >= 15 is 0 Å². The summed E-state index contributed by atoms with van der Waals surface area (Å²) in [6, 6.07) is 32.5. The normalized spacial score (nSPS) is 11.6. The second kappa shape index (κ2) is 13.2. The highest BCUT2D eigenvalue weighted by atomic mass is 32.3. The molecule has 0 saturated heterocycles. The third-order valence-electron chi connectivity index (χ3n) is 6.51. The van der Waals surface area contributed by atoms with Gasteiger partial charge >= 0.3 is 5.97 Å². The monoisotopic (exact) mass is 627 g/mol. The maximum atomic E-state index is 14.1. The summed E-state index contributed by atoms with van der Waals surface area (Å²) in [5.74, 6) is -1.52. The molecule has 0 aliphatic heterocycles. The average Bonchev–Trinajstić information content (AvgIpc) is 2.99. The molecule has 1 heterocycles. The van der Waals surface area contributed by atoms with E-state index in [2.05, 4.69) is 4.98 Å². The van der Waals surface area contributed by atoms with Crippen LogP contribution in [0.25, 0.3) is 11.3 Å². The lowest BCUT2D eigenvalue weighted by molar-refractivity contribution is -0.131. The zero-order valence-electron chi connectivity index (χ0n) is 23.8. The van der Waals surface area contributed by atoms with Crippen LogP contribution in [0.15, 0.2) is 121 Å². The third-order valence-corrected chi connectivity index (χ3v) is 10.6. The Hall–Kier alpha value is -4.87. The van der Waals surface area contributed by atoms with E-state index in [-0.39, 0.29) is 17.9 Å². The van der Waals surface area contributed by atoms with Gasteiger partial charge in [-0.15, -0.1) is 3.71 Å². The summed E-state index contributed by atoms with van der Waals surface area (Å²) in [6.45, 7) is 1.30. The topological polar surface area (TPSA) is 124 Å². The Kier molecular flexibility index (Phi) is 9.17. The number of hydrogen-bond donors (Lipinski definition) is 0. The van der Waals surface area contributed by atoms with Crippen molar-refractivity contribution in [3.63, 3.8) is 0 Å². The van der Waals surface area contributed by atoms with Gasteiger partial charge in [0.25, 0.3) is 20.0 Å². The van der Waals surface area contributed by atoms with Crippen molar-refractivity contribution in [2.45, 2.75) is 24.9 Å². The number of esters is 1. The second-order valence-electron chi connectivity index (χ2n) is 9.99. The van der Waals surface area contributed by atoms with Crippen molar-refractivity contribution >= 4 is 31.8 Å². The minimum absolute atomic E-state index is 0.112. The first-order chi connectivity index (χ1) is 21.1. The molecule has 5 rings (SSSR count). The van der Waals surface area contributed by atoms with Gasteiger partial charge in [0, 0.05) is 18.9 Å². The molecule has 11 heteroatoms. The maximum absolute atomic E-state index is 14.1. The quantitative estimate of drug-likeness (QED) is 0.138. The minimum atomic E-state index is -4.52. The molecule has 4 aromatic carbocycles. The highest BCUT2D eigenvalue weighted by molar-refractivity contribution is 8.09. The number of hydrogen-bond acceptors (Lipinski definition) is 8. The molecule has 5 aromatic rings. The van der Waals surface area contributed by atoms with Gasteiger partial charge in [0.1, 0.15) is 5.75 Å². The van der Waals surface area contributed by atoms with E-state index in [1.165, 1.54) is 13.1 Å². The Balaban J connectivity index is 1.65. The van der Waals surface area contributed by atoms with Gasteiger partial charge in [-0.25, -0.2) is 26.8 Å². The molecule has 224 valence electrons. The summed E-state index contributed by atoms with van der Waals surface area (Å²) >= 11 is 0. The second-order valence-corrected chi connectivity index (χ2v) is 13.9. The predicted octanol–water partition coefficient (Wildman–Crippen LogP) is 5.53. The Morgan fingerprint density at radius 1 is 0.682 bits per heavy atom. The van der Waals surface area contributed by atoms with E-state index in [9.17, 15) is 21.6 Å². The van der Waals surface area contributed by atoms with Crippen molar-refractivity contribution in [2.75, 3.05) is 3.71 Å². The lowest BCUT2D eigenvalue weighted by Gasteiger charge is -2.25. The number of anilines is 1. The highest BCUT2D eigenvalue weighted by Crippen LogP contribution is 2.31. The van der Waals surface area contributed by atoms with Gasteiger partial charge in [0.2, 0.25) is 0 Å². The largest absolute Gasteiger partial charge is 0.427 e. The number of aromatic nitrogens is 2. The summed E-state index contributed by atoms with van der Waals surface area (Å²) < 4.78 is 61.8. The van der Waals surface area contributed by atoms with Crippen LogP contribution in [0, 0.1) is 0 Å². The number of nitrogens with zero attached hydrogens (tertiary/aromatic N) is 3. The fourth-order valence-corrected chi connectivity index (χ4v) is 8.60. The van der Waals surface area contributed by atoms with Crippen LogP contribution in [-0.4, -0.2) is 32.8 Å². The number of benzene rings is 4. The van der Waals surface area contributed by atoms with Crippen molar-refractivity contribution in [1.82, 2.24) is 9.97 Å². The third kappa shape index (κ3) is 7.55. The fourth-order valence-electron chi connectivity index (χ4n) is 4.60. The summed E-state index contributed by atoms with van der Waals surface area (Å²) in [7, 11) is -9.04. The lowest BCUT2D eigenvalue weighted by atomic mass is 10.1. The molecule has 0 radical (unpaired) electrons. The molecule has 44 heavy (non-hydrogen) atoms. The van der Waals surface area contributed by atoms with E-state index < -0.39 is 37.5 Å². The molecule has 0 spiro atoms. The number of sulfonamides is 2. The number of rotatable bonds is 11. The van der Waals surface area contributed by atoms with Gasteiger partial charge in [0.05, 0.1) is 29.1 Å². The molecule has 0 aliphatic carbocycles. The van der Waals surface area contributed by atoms with Crippen molar-refractivity contribution in [1.29, 1.82) is 0 Å². The number of ether oxygens (including phenoxy) is 1. The Morgan fingerprint density at radius 3 is 1.64 bits per heavy atom. The summed E-state index contributed by atoms with van der Waals surface area (Å²) in [5, 5.41) is 0. The molecule has 0 saturated carbocycles. The van der Waals surface area contributed by atoms with Crippen LogP contribution in [0.2, 0.25) is 0 Å². The van der Waals surface area contributed by atoms with Crippen LogP contribution < -0.4 is 8.45 Å². The molecule has 1 aromatic heterocycles. The zero-order valence-corrected chi connectivity index (χ0v) is 25.4. The van der Waals surface area contributed by atoms with E-state index in [0.717, 1.165) is 5.56 Å². The van der Waals surface area contributed by atoms with Crippen LogP contribution >= 0.6 is 0 Å². The first-order valence-electron chi connectivity index (χ1n) is 13.6. The van der Waals surface area contributed by atoms with Crippen LogP contribution in [0.4, 0.5) is 5.82 Å². The molecule has 0 amide bonds. The van der Waals surface area contributed by atoms with E-state index in [1.807, 2.05) is 30.3 Å². The van der Waals surface area contributed by atoms with Crippen LogP contribution in [0.1, 0.15) is 29.3 Å². The summed E-state index contributed by atoms with van der Waals surface area (Å²) in [4.78, 5) is 20.5. The Bertz CT molecular complexity index is 1880. The molecule has 0 bridgehead atoms. The standard InChI is InChI=1S/C33H29N3O6S2/c1-25(37)42-30-19-17-29(18-20-30)32-22-34-33(31(35-32)21-26-11-5-2-6-12-26)36(43(38,39)23-27-13-7-3-8-14-27)44(40,41)24-28-15-9-4-10-16-28/h2-20,22H,21,23-24H2,1H3. The van der Waals surface area contributed by atoms with Gasteiger partial charge in [-0.2, -0.15) is 0 Å². The van der Waals surface area contributed by atoms with Crippen molar-refractivity contribution in [3.05, 3.63) is 144 Å². The van der Waals surface area contributed by atoms with Gasteiger partial charge in [-0.05, 0) is 41.0 Å². The van der Waals surface area contributed by atoms with E-state index in [4.69, 9.17) is 9.72 Å². The Morgan fingerprint density at radius 2 is 1.16 bits per heavy atom. The lowest BCUT2D eigenvalue weighted by Crippen LogP contribution is -2.40. The molecule has 0 aliphatic rings. The number of carbonyl (C=O) groups excluding carboxylic acids is 1.